The van der Waals surface area contributed by atoms with Crippen molar-refractivity contribution in [2.24, 2.45) is 0 Å². The summed E-state index contributed by atoms with van der Waals surface area (Å²) in [6.45, 7) is -0.0217. The van der Waals surface area contributed by atoms with Crippen LogP contribution < -0.4 is 14.5 Å². The number of anilines is 2. The Morgan fingerprint density at radius 1 is 0.775 bits per heavy atom. The summed E-state index contributed by atoms with van der Waals surface area (Å²) in [5.41, 5.74) is 1.09. The molecule has 0 unspecified atom stereocenters. The average molecular weight is 554 g/mol. The molecule has 0 bridgehead atoms. The van der Waals surface area contributed by atoms with E-state index in [-0.39, 0.29) is 23.6 Å². The molecule has 1 heterocycles. The van der Waals surface area contributed by atoms with Crippen LogP contribution in [0, 0.1) is 10.1 Å². The summed E-state index contributed by atoms with van der Waals surface area (Å²) in [5.74, 6) is -1.34. The molecule has 4 aromatic carbocycles. The number of carbonyl (C=O) groups is 3. The zero-order chi connectivity index (χ0) is 28.2. The fraction of sp³-hybridized carbons (Fsp3) is 0.0333. The van der Waals surface area contributed by atoms with Crippen LogP contribution >= 0.6 is 11.6 Å². The van der Waals surface area contributed by atoms with Crippen LogP contribution in [-0.2, 0) is 16.2 Å². The lowest BCUT2D eigenvalue weighted by atomic mass is 10.0. The topological polar surface area (TPSA) is 110 Å². The molecule has 1 aliphatic heterocycles. The molecule has 5 rings (SSSR count). The zero-order valence-corrected chi connectivity index (χ0v) is 21.5. The van der Waals surface area contributed by atoms with Crippen LogP contribution in [0.5, 0.6) is 5.75 Å². The van der Waals surface area contributed by atoms with Gasteiger partial charge in [0.1, 0.15) is 17.9 Å². The number of urea groups is 1. The minimum absolute atomic E-state index is 0.0217. The predicted octanol–water partition coefficient (Wildman–Crippen LogP) is 6.41. The SMILES string of the molecule is O=C1C(=Cc2cc(Cl)ccc2OCc2cccc([N+](=O)[O-])c2)C(=O)N(c2ccccc2)C(=O)N1c1ccccc1. The molecule has 4 aromatic rings. The predicted molar refractivity (Wildman–Crippen MR) is 150 cm³/mol. The molecule has 1 aliphatic rings. The van der Waals surface area contributed by atoms with Crippen molar-refractivity contribution in [2.75, 3.05) is 9.80 Å². The number of halogens is 1. The highest BCUT2D eigenvalue weighted by atomic mass is 35.5. The number of benzene rings is 4. The Morgan fingerprint density at radius 2 is 1.38 bits per heavy atom. The number of para-hydroxylation sites is 2. The number of non-ortho nitro benzene ring substituents is 1. The Morgan fingerprint density at radius 3 is 1.95 bits per heavy atom. The lowest BCUT2D eigenvalue weighted by Crippen LogP contribution is -2.57. The van der Waals surface area contributed by atoms with Crippen LogP contribution in [-0.4, -0.2) is 22.8 Å². The highest BCUT2D eigenvalue weighted by Gasteiger charge is 2.43. The lowest BCUT2D eigenvalue weighted by Gasteiger charge is -2.34. The van der Waals surface area contributed by atoms with Gasteiger partial charge < -0.3 is 4.74 Å². The van der Waals surface area contributed by atoms with Gasteiger partial charge in [-0.15, -0.1) is 0 Å². The summed E-state index contributed by atoms with van der Waals surface area (Å²) in [6.07, 6.45) is 1.33. The maximum Gasteiger partial charge on any atom is 0.343 e. The van der Waals surface area contributed by atoms with Gasteiger partial charge >= 0.3 is 6.03 Å². The number of barbiturate groups is 1. The molecule has 198 valence electrons. The zero-order valence-electron chi connectivity index (χ0n) is 20.8. The molecule has 1 saturated heterocycles. The number of nitrogens with zero attached hydrogens (tertiary/aromatic N) is 3. The van der Waals surface area contributed by atoms with E-state index >= 15 is 0 Å². The van der Waals surface area contributed by atoms with E-state index in [2.05, 4.69) is 0 Å². The fourth-order valence-corrected chi connectivity index (χ4v) is 4.36. The summed E-state index contributed by atoms with van der Waals surface area (Å²) in [5, 5.41) is 11.5. The normalized spacial score (nSPS) is 13.4. The van der Waals surface area contributed by atoms with Crippen LogP contribution in [0.4, 0.5) is 21.9 Å². The maximum absolute atomic E-state index is 13.7. The minimum Gasteiger partial charge on any atom is -0.488 e. The lowest BCUT2D eigenvalue weighted by molar-refractivity contribution is -0.384. The molecule has 0 N–H and O–H groups in total. The molecular weight excluding hydrogens is 534 g/mol. The number of imide groups is 2. The number of hydrogen-bond acceptors (Lipinski definition) is 6. The number of nitro groups is 1. The van der Waals surface area contributed by atoms with Crippen molar-refractivity contribution < 1.29 is 24.0 Å². The summed E-state index contributed by atoms with van der Waals surface area (Å²) >= 11 is 6.25. The van der Waals surface area contributed by atoms with E-state index in [9.17, 15) is 24.5 Å². The van der Waals surface area contributed by atoms with E-state index < -0.39 is 22.8 Å². The molecule has 0 spiro atoms. The highest BCUT2D eigenvalue weighted by molar-refractivity contribution is 6.46. The Bertz CT molecular complexity index is 1590. The van der Waals surface area contributed by atoms with Gasteiger partial charge in [-0.2, -0.15) is 0 Å². The molecule has 0 aromatic heterocycles. The Kier molecular flexibility index (Phi) is 7.39. The Balaban J connectivity index is 1.56. The largest absolute Gasteiger partial charge is 0.488 e. The van der Waals surface area contributed by atoms with Gasteiger partial charge in [-0.1, -0.05) is 60.1 Å². The van der Waals surface area contributed by atoms with Gasteiger partial charge in [-0.25, -0.2) is 14.6 Å². The molecule has 1 fully saturated rings. The molecule has 4 amide bonds. The quantitative estimate of drug-likeness (QED) is 0.113. The van der Waals surface area contributed by atoms with Gasteiger partial charge in [0.05, 0.1) is 16.3 Å². The number of hydrogen-bond donors (Lipinski definition) is 0. The van der Waals surface area contributed by atoms with Crippen molar-refractivity contribution in [3.63, 3.8) is 0 Å². The van der Waals surface area contributed by atoms with Gasteiger partial charge in [0.25, 0.3) is 17.5 Å². The first-order valence-corrected chi connectivity index (χ1v) is 12.4. The van der Waals surface area contributed by atoms with Gasteiger partial charge in [0.15, 0.2) is 0 Å². The first-order valence-electron chi connectivity index (χ1n) is 12.0. The first-order chi connectivity index (χ1) is 19.3. The van der Waals surface area contributed by atoms with Crippen molar-refractivity contribution >= 4 is 52.6 Å². The van der Waals surface area contributed by atoms with Crippen LogP contribution in [0.3, 0.4) is 0 Å². The van der Waals surface area contributed by atoms with Crippen molar-refractivity contribution in [3.05, 3.63) is 135 Å². The third kappa shape index (κ3) is 5.31. The fourth-order valence-electron chi connectivity index (χ4n) is 4.18. The first kappa shape index (κ1) is 26.3. The summed E-state index contributed by atoms with van der Waals surface area (Å²) < 4.78 is 5.93. The summed E-state index contributed by atoms with van der Waals surface area (Å²) in [7, 11) is 0. The van der Waals surface area contributed by atoms with Crippen molar-refractivity contribution in [3.8, 4) is 5.75 Å². The monoisotopic (exact) mass is 553 g/mol. The molecule has 40 heavy (non-hydrogen) atoms. The second-order valence-electron chi connectivity index (χ2n) is 8.69. The van der Waals surface area contributed by atoms with E-state index in [1.807, 2.05) is 0 Å². The second kappa shape index (κ2) is 11.2. The smallest absolute Gasteiger partial charge is 0.343 e. The number of amides is 4. The molecule has 0 saturated carbocycles. The Labute approximate surface area is 233 Å². The number of carbonyl (C=O) groups excluding carboxylic acids is 3. The van der Waals surface area contributed by atoms with Gasteiger partial charge in [-0.05, 0) is 54.1 Å². The van der Waals surface area contributed by atoms with Crippen molar-refractivity contribution in [2.45, 2.75) is 6.61 Å². The molecular formula is C30H20ClN3O6. The van der Waals surface area contributed by atoms with E-state index in [4.69, 9.17) is 16.3 Å². The Hall–Kier alpha value is -5.28. The van der Waals surface area contributed by atoms with E-state index in [1.54, 1.807) is 84.9 Å². The summed E-state index contributed by atoms with van der Waals surface area (Å²) in [4.78, 5) is 53.3. The van der Waals surface area contributed by atoms with Crippen LogP contribution in [0.15, 0.2) is 109 Å². The third-order valence-electron chi connectivity index (χ3n) is 6.07. The van der Waals surface area contributed by atoms with Crippen LogP contribution in [0.25, 0.3) is 6.08 Å². The maximum atomic E-state index is 13.7. The van der Waals surface area contributed by atoms with E-state index in [0.717, 1.165) is 9.80 Å². The van der Waals surface area contributed by atoms with Gasteiger partial charge in [-0.3, -0.25) is 19.7 Å². The molecule has 0 radical (unpaired) electrons. The molecule has 9 nitrogen and oxygen atoms in total. The van der Waals surface area contributed by atoms with E-state index in [0.29, 0.717) is 27.5 Å². The van der Waals surface area contributed by atoms with Gasteiger partial charge in [0.2, 0.25) is 0 Å². The number of ether oxygens (including phenoxy) is 1. The minimum atomic E-state index is -0.808. The van der Waals surface area contributed by atoms with Crippen LogP contribution in [0.1, 0.15) is 11.1 Å². The van der Waals surface area contributed by atoms with E-state index in [1.165, 1.54) is 24.3 Å². The summed E-state index contributed by atoms with van der Waals surface area (Å²) in [6, 6.07) is 26.5. The van der Waals surface area contributed by atoms with Gasteiger partial charge in [0, 0.05) is 22.7 Å². The molecule has 0 aliphatic carbocycles. The van der Waals surface area contributed by atoms with Crippen LogP contribution in [0.2, 0.25) is 5.02 Å². The molecule has 10 heteroatoms. The highest BCUT2D eigenvalue weighted by Crippen LogP contribution is 2.32. The average Bonchev–Trinajstić information content (AvgIpc) is 2.96. The number of rotatable bonds is 7. The molecule has 0 atom stereocenters. The standard InChI is InChI=1S/C30H20ClN3O6/c31-22-14-15-27(40-19-20-8-7-13-25(16-20)34(38)39)21(17-22)18-26-28(35)32(23-9-3-1-4-10-23)30(37)33(29(26)36)24-11-5-2-6-12-24/h1-18H,19H2. The van der Waals surface area contributed by atoms with Crippen molar-refractivity contribution in [1.29, 1.82) is 0 Å². The second-order valence-corrected chi connectivity index (χ2v) is 9.13. The third-order valence-corrected chi connectivity index (χ3v) is 6.30. The number of nitro benzene ring substituents is 1. The van der Waals surface area contributed by atoms with Crippen molar-refractivity contribution in [1.82, 2.24) is 0 Å².